The molecule has 3 heteroatoms. The summed E-state index contributed by atoms with van der Waals surface area (Å²) in [5.74, 6) is 0.763. The molecule has 0 unspecified atom stereocenters. The van der Waals surface area contributed by atoms with Crippen LogP contribution in [0.4, 0.5) is 0 Å². The maximum atomic E-state index is 5.57. The smallest absolute Gasteiger partial charge is 0.121 e. The van der Waals surface area contributed by atoms with Crippen LogP contribution in [0.1, 0.15) is 10.4 Å². The van der Waals surface area contributed by atoms with Crippen LogP contribution in [0.2, 0.25) is 0 Å². The lowest BCUT2D eigenvalue weighted by atomic mass is 10.0. The summed E-state index contributed by atoms with van der Waals surface area (Å²) in [5, 5.41) is 2.07. The van der Waals surface area contributed by atoms with Crippen LogP contribution in [0.15, 0.2) is 54.4 Å². The summed E-state index contributed by atoms with van der Waals surface area (Å²) >= 11 is 1.71. The van der Waals surface area contributed by atoms with Crippen molar-refractivity contribution in [1.29, 1.82) is 0 Å². The van der Waals surface area contributed by atoms with Crippen molar-refractivity contribution in [3.63, 3.8) is 0 Å². The molecule has 17 heavy (non-hydrogen) atoms. The molecule has 0 atom stereocenters. The van der Waals surface area contributed by atoms with Gasteiger partial charge < -0.3 is 4.74 Å². The van der Waals surface area contributed by atoms with Gasteiger partial charge in [-0.3, -0.25) is 4.98 Å². The number of aromatic nitrogens is 1. The van der Waals surface area contributed by atoms with Crippen molar-refractivity contribution >= 4 is 22.5 Å². The molecular weight excluding hydrogens is 230 g/mol. The molecule has 1 aliphatic rings. The Balaban J connectivity index is 2.16. The maximum Gasteiger partial charge on any atom is 0.121 e. The highest BCUT2D eigenvalue weighted by molar-refractivity contribution is 7.11. The summed E-state index contributed by atoms with van der Waals surface area (Å²) in [5.41, 5.74) is 3.48. The molecule has 0 bridgehead atoms. The molecule has 2 nitrogen and oxygen atoms in total. The number of thiophene rings is 1. The Morgan fingerprint density at radius 2 is 2.06 bits per heavy atom. The van der Waals surface area contributed by atoms with Gasteiger partial charge in [0.2, 0.25) is 0 Å². The Bertz CT molecular complexity index is 570. The van der Waals surface area contributed by atoms with Gasteiger partial charge in [0.1, 0.15) is 12.4 Å². The monoisotopic (exact) mass is 241 g/mol. The predicted molar refractivity (Wildman–Crippen MR) is 70.5 cm³/mol. The fourth-order valence-corrected chi connectivity index (χ4v) is 2.78. The average Bonchev–Trinajstić information content (AvgIpc) is 2.99. The number of hydrogen-bond acceptors (Lipinski definition) is 3. The van der Waals surface area contributed by atoms with Gasteiger partial charge in [-0.15, -0.1) is 11.3 Å². The van der Waals surface area contributed by atoms with E-state index in [1.165, 1.54) is 10.5 Å². The van der Waals surface area contributed by atoms with E-state index in [4.69, 9.17) is 4.74 Å². The van der Waals surface area contributed by atoms with Gasteiger partial charge in [-0.2, -0.15) is 0 Å². The van der Waals surface area contributed by atoms with E-state index in [0.717, 1.165) is 16.9 Å². The third kappa shape index (κ3) is 1.78. The largest absolute Gasteiger partial charge is 0.489 e. The highest BCUT2D eigenvalue weighted by Crippen LogP contribution is 2.39. The molecule has 0 amide bonds. The SMILES string of the molecule is C=C1OCC(c2ccncc2)=C1c1cccs1. The standard InChI is InChI=1S/C14H11NOS/c1-10-14(13-3-2-8-17-13)12(9-16-10)11-4-6-15-7-5-11/h2-8H,1,9H2. The molecule has 2 aromatic rings. The Kier molecular flexibility index (Phi) is 2.53. The van der Waals surface area contributed by atoms with E-state index in [-0.39, 0.29) is 0 Å². The third-order valence-corrected chi connectivity index (χ3v) is 3.66. The molecule has 0 spiro atoms. The summed E-state index contributed by atoms with van der Waals surface area (Å²) in [6.07, 6.45) is 3.60. The summed E-state index contributed by atoms with van der Waals surface area (Å²) < 4.78 is 5.57. The van der Waals surface area contributed by atoms with Crippen molar-refractivity contribution < 1.29 is 4.74 Å². The average molecular weight is 241 g/mol. The van der Waals surface area contributed by atoms with E-state index < -0.39 is 0 Å². The normalized spacial score (nSPS) is 15.2. The quantitative estimate of drug-likeness (QED) is 0.801. The van der Waals surface area contributed by atoms with Gasteiger partial charge >= 0.3 is 0 Å². The van der Waals surface area contributed by atoms with Gasteiger partial charge in [-0.1, -0.05) is 12.6 Å². The van der Waals surface area contributed by atoms with Crippen LogP contribution in [-0.4, -0.2) is 11.6 Å². The van der Waals surface area contributed by atoms with Crippen LogP contribution in [0, 0.1) is 0 Å². The van der Waals surface area contributed by atoms with E-state index in [9.17, 15) is 0 Å². The van der Waals surface area contributed by atoms with E-state index in [1.807, 2.05) is 18.2 Å². The maximum absolute atomic E-state index is 5.57. The fraction of sp³-hybridized carbons (Fsp3) is 0.0714. The van der Waals surface area contributed by atoms with E-state index in [0.29, 0.717) is 6.61 Å². The van der Waals surface area contributed by atoms with Crippen LogP contribution in [0.3, 0.4) is 0 Å². The summed E-state index contributed by atoms with van der Waals surface area (Å²) in [6, 6.07) is 8.15. The molecule has 2 aromatic heterocycles. The van der Waals surface area contributed by atoms with Gasteiger partial charge in [0, 0.05) is 28.4 Å². The summed E-state index contributed by atoms with van der Waals surface area (Å²) in [7, 11) is 0. The van der Waals surface area contributed by atoms with E-state index in [2.05, 4.69) is 23.0 Å². The highest BCUT2D eigenvalue weighted by Gasteiger charge is 2.22. The second-order valence-corrected chi connectivity index (χ2v) is 4.73. The zero-order valence-corrected chi connectivity index (χ0v) is 10.0. The molecule has 3 rings (SSSR count). The molecule has 3 heterocycles. The lowest BCUT2D eigenvalue weighted by molar-refractivity contribution is 0.286. The number of ether oxygens (including phenoxy) is 1. The van der Waals surface area contributed by atoms with Crippen molar-refractivity contribution in [2.24, 2.45) is 0 Å². The first-order valence-electron chi connectivity index (χ1n) is 5.36. The molecule has 0 aliphatic carbocycles. The first kappa shape index (κ1) is 10.3. The number of pyridine rings is 1. The fourth-order valence-electron chi connectivity index (χ4n) is 1.96. The van der Waals surface area contributed by atoms with Gasteiger partial charge in [0.25, 0.3) is 0 Å². The molecule has 0 saturated carbocycles. The first-order chi connectivity index (χ1) is 8.36. The molecule has 1 aliphatic heterocycles. The van der Waals surface area contributed by atoms with Gasteiger partial charge in [-0.25, -0.2) is 0 Å². The van der Waals surface area contributed by atoms with Crippen molar-refractivity contribution in [1.82, 2.24) is 4.98 Å². The number of hydrogen-bond donors (Lipinski definition) is 0. The molecular formula is C14H11NOS. The number of allylic oxidation sites excluding steroid dienone is 1. The number of nitrogens with zero attached hydrogens (tertiary/aromatic N) is 1. The first-order valence-corrected chi connectivity index (χ1v) is 6.24. The van der Waals surface area contributed by atoms with Gasteiger partial charge in [0.05, 0.1) is 0 Å². The molecule has 0 fully saturated rings. The van der Waals surface area contributed by atoms with Crippen LogP contribution in [0.25, 0.3) is 11.1 Å². The molecule has 0 N–H and O–H groups in total. The third-order valence-electron chi connectivity index (χ3n) is 2.77. The van der Waals surface area contributed by atoms with Crippen molar-refractivity contribution in [2.75, 3.05) is 6.61 Å². The van der Waals surface area contributed by atoms with E-state index in [1.54, 1.807) is 23.7 Å². The topological polar surface area (TPSA) is 22.1 Å². The van der Waals surface area contributed by atoms with E-state index >= 15 is 0 Å². The van der Waals surface area contributed by atoms with Gasteiger partial charge in [0.15, 0.2) is 0 Å². The van der Waals surface area contributed by atoms with Crippen LogP contribution in [0.5, 0.6) is 0 Å². The minimum atomic E-state index is 0.593. The molecule has 0 saturated heterocycles. The van der Waals surface area contributed by atoms with Crippen molar-refractivity contribution in [3.05, 3.63) is 64.8 Å². The lowest BCUT2D eigenvalue weighted by Crippen LogP contribution is -1.88. The predicted octanol–water partition coefficient (Wildman–Crippen LogP) is 3.60. The highest BCUT2D eigenvalue weighted by atomic mass is 32.1. The molecule has 84 valence electrons. The second-order valence-electron chi connectivity index (χ2n) is 3.78. The van der Waals surface area contributed by atoms with Gasteiger partial charge in [-0.05, 0) is 29.1 Å². The Labute approximate surface area is 104 Å². The minimum absolute atomic E-state index is 0.593. The summed E-state index contributed by atoms with van der Waals surface area (Å²) in [4.78, 5) is 5.25. The van der Waals surface area contributed by atoms with Crippen molar-refractivity contribution in [3.8, 4) is 0 Å². The lowest BCUT2D eigenvalue weighted by Gasteiger charge is -2.02. The zero-order valence-electron chi connectivity index (χ0n) is 9.22. The Morgan fingerprint density at radius 3 is 2.76 bits per heavy atom. The second kappa shape index (κ2) is 4.18. The number of rotatable bonds is 2. The molecule has 0 aromatic carbocycles. The summed E-state index contributed by atoms with van der Waals surface area (Å²) in [6.45, 7) is 4.57. The van der Waals surface area contributed by atoms with Crippen molar-refractivity contribution in [2.45, 2.75) is 0 Å². The Hall–Kier alpha value is -1.87. The van der Waals surface area contributed by atoms with Crippen LogP contribution < -0.4 is 0 Å². The molecule has 0 radical (unpaired) electrons. The van der Waals surface area contributed by atoms with Crippen LogP contribution in [-0.2, 0) is 4.74 Å². The van der Waals surface area contributed by atoms with Crippen LogP contribution >= 0.6 is 11.3 Å². The minimum Gasteiger partial charge on any atom is -0.489 e. The zero-order chi connectivity index (χ0) is 11.7. The Morgan fingerprint density at radius 1 is 1.24 bits per heavy atom.